The van der Waals surface area contributed by atoms with Crippen LogP contribution >= 0.6 is 0 Å². The van der Waals surface area contributed by atoms with Crippen molar-refractivity contribution in [2.24, 2.45) is 11.8 Å². The molecule has 3 rings (SSSR count). The number of hydrogen-bond acceptors (Lipinski definition) is 6. The first kappa shape index (κ1) is 22.7. The van der Waals surface area contributed by atoms with Crippen molar-refractivity contribution in [1.29, 1.82) is 5.26 Å². The monoisotopic (exact) mass is 441 g/mol. The lowest BCUT2D eigenvalue weighted by atomic mass is 9.97. The quantitative estimate of drug-likeness (QED) is 0.683. The van der Waals surface area contributed by atoms with Gasteiger partial charge in [-0.25, -0.2) is 18.1 Å². The topological polar surface area (TPSA) is 115 Å². The number of nitrogens with zero attached hydrogens (tertiary/aromatic N) is 3. The highest BCUT2D eigenvalue weighted by Gasteiger charge is 2.24. The van der Waals surface area contributed by atoms with E-state index < -0.39 is 10.0 Å². The van der Waals surface area contributed by atoms with Gasteiger partial charge in [0.25, 0.3) is 0 Å². The number of sulfonamides is 1. The minimum absolute atomic E-state index is 0.118. The standard InChI is InChI=1S/C22H27N5O3S/c1-16(2)22(28)26-19-5-7-20(8-6-19)31(29,30)25-15-17-9-12-27(13-10-17)21-18(14-23)4-3-11-24-21/h3-8,11,16-17,25H,9-10,12-13,15H2,1-2H3,(H,26,28). The lowest BCUT2D eigenvalue weighted by Gasteiger charge is -2.33. The van der Waals surface area contributed by atoms with E-state index in [9.17, 15) is 18.5 Å². The van der Waals surface area contributed by atoms with E-state index in [1.807, 2.05) is 0 Å². The van der Waals surface area contributed by atoms with Crippen molar-refractivity contribution in [3.05, 3.63) is 48.2 Å². The van der Waals surface area contributed by atoms with Gasteiger partial charge in [-0.05, 0) is 55.2 Å². The first-order chi connectivity index (χ1) is 14.8. The highest BCUT2D eigenvalue weighted by Crippen LogP contribution is 2.24. The minimum Gasteiger partial charge on any atom is -0.356 e. The summed E-state index contributed by atoms with van der Waals surface area (Å²) >= 11 is 0. The highest BCUT2D eigenvalue weighted by atomic mass is 32.2. The second-order valence-corrected chi connectivity index (χ2v) is 9.70. The molecule has 1 aromatic carbocycles. The zero-order valence-corrected chi connectivity index (χ0v) is 18.5. The van der Waals surface area contributed by atoms with Crippen LogP contribution in [0, 0.1) is 23.2 Å². The zero-order chi connectivity index (χ0) is 22.4. The highest BCUT2D eigenvalue weighted by molar-refractivity contribution is 7.89. The molecule has 0 unspecified atom stereocenters. The summed E-state index contributed by atoms with van der Waals surface area (Å²) in [6.45, 7) is 5.39. The minimum atomic E-state index is -3.63. The van der Waals surface area contributed by atoms with E-state index >= 15 is 0 Å². The van der Waals surface area contributed by atoms with Crippen molar-refractivity contribution in [3.8, 4) is 6.07 Å². The molecule has 0 saturated carbocycles. The number of piperidine rings is 1. The molecular formula is C22H27N5O3S. The summed E-state index contributed by atoms with van der Waals surface area (Å²) in [6.07, 6.45) is 3.30. The SMILES string of the molecule is CC(C)C(=O)Nc1ccc(S(=O)(=O)NCC2CCN(c3ncccc3C#N)CC2)cc1. The molecular weight excluding hydrogens is 414 g/mol. The van der Waals surface area contributed by atoms with Crippen LogP contribution < -0.4 is 14.9 Å². The average molecular weight is 442 g/mol. The lowest BCUT2D eigenvalue weighted by molar-refractivity contribution is -0.118. The normalized spacial score (nSPS) is 15.0. The molecule has 2 N–H and O–H groups in total. The number of nitriles is 1. The van der Waals surface area contributed by atoms with Crippen molar-refractivity contribution in [2.75, 3.05) is 29.9 Å². The van der Waals surface area contributed by atoms with Gasteiger partial charge in [-0.2, -0.15) is 5.26 Å². The van der Waals surface area contributed by atoms with Crippen LogP contribution in [0.4, 0.5) is 11.5 Å². The molecule has 2 aromatic rings. The molecule has 1 fully saturated rings. The summed E-state index contributed by atoms with van der Waals surface area (Å²) in [7, 11) is -3.63. The number of anilines is 2. The van der Waals surface area contributed by atoms with Crippen LogP contribution in [0.25, 0.3) is 0 Å². The molecule has 1 aliphatic heterocycles. The van der Waals surface area contributed by atoms with E-state index in [2.05, 4.69) is 26.0 Å². The largest absolute Gasteiger partial charge is 0.356 e. The molecule has 9 heteroatoms. The molecule has 0 bridgehead atoms. The Labute approximate surface area is 183 Å². The fraction of sp³-hybridized carbons (Fsp3) is 0.409. The summed E-state index contributed by atoms with van der Waals surface area (Å²) in [6, 6.07) is 11.8. The van der Waals surface area contributed by atoms with Gasteiger partial charge < -0.3 is 10.2 Å². The maximum atomic E-state index is 12.6. The number of nitrogens with one attached hydrogen (secondary N) is 2. The van der Waals surface area contributed by atoms with Gasteiger partial charge in [0.1, 0.15) is 11.9 Å². The number of carbonyl (C=O) groups excluding carboxylic acids is 1. The van der Waals surface area contributed by atoms with E-state index in [1.54, 1.807) is 44.3 Å². The Bertz CT molecular complexity index is 1050. The van der Waals surface area contributed by atoms with Gasteiger partial charge in [0, 0.05) is 37.4 Å². The third-order valence-electron chi connectivity index (χ3n) is 5.34. The van der Waals surface area contributed by atoms with Crippen molar-refractivity contribution in [2.45, 2.75) is 31.6 Å². The van der Waals surface area contributed by atoms with Gasteiger partial charge in [0.05, 0.1) is 10.5 Å². The predicted molar refractivity (Wildman–Crippen MR) is 119 cm³/mol. The molecule has 8 nitrogen and oxygen atoms in total. The molecule has 1 aliphatic rings. The van der Waals surface area contributed by atoms with E-state index in [1.165, 1.54) is 12.1 Å². The Morgan fingerprint density at radius 3 is 2.52 bits per heavy atom. The molecule has 0 spiro atoms. The number of rotatable bonds is 7. The summed E-state index contributed by atoms with van der Waals surface area (Å²) in [4.78, 5) is 18.3. The van der Waals surface area contributed by atoms with Gasteiger partial charge in [-0.3, -0.25) is 4.79 Å². The maximum absolute atomic E-state index is 12.6. The van der Waals surface area contributed by atoms with Crippen molar-refractivity contribution in [1.82, 2.24) is 9.71 Å². The Balaban J connectivity index is 1.53. The number of aromatic nitrogens is 1. The second-order valence-electron chi connectivity index (χ2n) is 7.94. The van der Waals surface area contributed by atoms with Crippen molar-refractivity contribution < 1.29 is 13.2 Å². The average Bonchev–Trinajstić information content (AvgIpc) is 2.78. The first-order valence-corrected chi connectivity index (χ1v) is 11.8. The summed E-state index contributed by atoms with van der Waals surface area (Å²) in [5.74, 6) is 0.631. The van der Waals surface area contributed by atoms with Crippen LogP contribution in [0.2, 0.25) is 0 Å². The van der Waals surface area contributed by atoms with E-state index in [4.69, 9.17) is 0 Å². The second kappa shape index (κ2) is 9.90. The predicted octanol–water partition coefficient (Wildman–Crippen LogP) is 2.74. The molecule has 31 heavy (non-hydrogen) atoms. The van der Waals surface area contributed by atoms with Gasteiger partial charge >= 0.3 is 0 Å². The summed E-state index contributed by atoms with van der Waals surface area (Å²) in [5, 5.41) is 12.0. The number of benzene rings is 1. The number of pyridine rings is 1. The lowest BCUT2D eigenvalue weighted by Crippen LogP contribution is -2.39. The number of amides is 1. The van der Waals surface area contributed by atoms with Crippen LogP contribution in [-0.4, -0.2) is 38.9 Å². The van der Waals surface area contributed by atoms with Crippen LogP contribution in [0.5, 0.6) is 0 Å². The summed E-state index contributed by atoms with van der Waals surface area (Å²) < 4.78 is 28.0. The number of hydrogen-bond donors (Lipinski definition) is 2. The van der Waals surface area contributed by atoms with Gasteiger partial charge in [-0.1, -0.05) is 13.8 Å². The van der Waals surface area contributed by atoms with Crippen molar-refractivity contribution >= 4 is 27.4 Å². The molecule has 2 heterocycles. The zero-order valence-electron chi connectivity index (χ0n) is 17.7. The molecule has 1 aromatic heterocycles. The smallest absolute Gasteiger partial charge is 0.240 e. The summed E-state index contributed by atoms with van der Waals surface area (Å²) in [5.41, 5.74) is 1.12. The van der Waals surface area contributed by atoms with Crippen LogP contribution in [0.3, 0.4) is 0 Å². The van der Waals surface area contributed by atoms with E-state index in [-0.39, 0.29) is 22.6 Å². The van der Waals surface area contributed by atoms with Crippen LogP contribution in [0.15, 0.2) is 47.5 Å². The van der Waals surface area contributed by atoms with Gasteiger partial charge in [0.2, 0.25) is 15.9 Å². The third kappa shape index (κ3) is 5.81. The molecule has 1 saturated heterocycles. The maximum Gasteiger partial charge on any atom is 0.240 e. The Morgan fingerprint density at radius 1 is 1.23 bits per heavy atom. The molecule has 164 valence electrons. The fourth-order valence-corrected chi connectivity index (χ4v) is 4.52. The van der Waals surface area contributed by atoms with Crippen LogP contribution in [-0.2, 0) is 14.8 Å². The van der Waals surface area contributed by atoms with E-state index in [0.717, 1.165) is 25.9 Å². The molecule has 0 atom stereocenters. The fourth-order valence-electron chi connectivity index (χ4n) is 3.40. The van der Waals surface area contributed by atoms with Gasteiger partial charge in [-0.15, -0.1) is 0 Å². The van der Waals surface area contributed by atoms with Crippen LogP contribution in [0.1, 0.15) is 32.3 Å². The van der Waals surface area contributed by atoms with Gasteiger partial charge in [0.15, 0.2) is 0 Å². The Kier molecular flexibility index (Phi) is 7.25. The Hall–Kier alpha value is -2.96. The molecule has 0 radical (unpaired) electrons. The Morgan fingerprint density at radius 2 is 1.90 bits per heavy atom. The third-order valence-corrected chi connectivity index (χ3v) is 6.78. The molecule has 1 amide bonds. The van der Waals surface area contributed by atoms with Crippen molar-refractivity contribution in [3.63, 3.8) is 0 Å². The number of carbonyl (C=O) groups is 1. The molecule has 0 aliphatic carbocycles. The van der Waals surface area contributed by atoms with E-state index in [0.29, 0.717) is 23.6 Å². The first-order valence-electron chi connectivity index (χ1n) is 10.3.